The Hall–Kier alpha value is -2.04. The van der Waals surface area contributed by atoms with Crippen molar-refractivity contribution in [2.75, 3.05) is 6.61 Å². The van der Waals surface area contributed by atoms with Gasteiger partial charge in [-0.05, 0) is 37.6 Å². The van der Waals surface area contributed by atoms with Crippen molar-refractivity contribution >= 4 is 11.9 Å². The van der Waals surface area contributed by atoms with Crippen LogP contribution in [0.4, 0.5) is 0 Å². The van der Waals surface area contributed by atoms with Crippen molar-refractivity contribution < 1.29 is 19.1 Å². The third-order valence-electron chi connectivity index (χ3n) is 2.54. The number of unbranched alkanes of at least 4 members (excludes halogenated alkanes) is 1. The third kappa shape index (κ3) is 4.99. The number of amides is 1. The molecule has 0 saturated heterocycles. The monoisotopic (exact) mass is 265 g/mol. The van der Waals surface area contributed by atoms with E-state index in [-0.39, 0.29) is 0 Å². The van der Waals surface area contributed by atoms with Gasteiger partial charge in [0.05, 0.1) is 12.2 Å². The summed E-state index contributed by atoms with van der Waals surface area (Å²) in [5, 5.41) is 0. The van der Waals surface area contributed by atoms with E-state index in [0.717, 1.165) is 12.8 Å². The van der Waals surface area contributed by atoms with Crippen molar-refractivity contribution in [3.63, 3.8) is 0 Å². The van der Waals surface area contributed by atoms with Crippen molar-refractivity contribution in [1.82, 2.24) is 0 Å². The van der Waals surface area contributed by atoms with Gasteiger partial charge in [0.25, 0.3) is 5.91 Å². The first kappa shape index (κ1) is 15.0. The molecule has 0 heterocycles. The molecule has 0 spiro atoms. The largest absolute Gasteiger partial charge is 0.494 e. The van der Waals surface area contributed by atoms with E-state index >= 15 is 0 Å². The summed E-state index contributed by atoms with van der Waals surface area (Å²) < 4.78 is 10.4. The lowest BCUT2D eigenvalue weighted by Crippen LogP contribution is -2.30. The van der Waals surface area contributed by atoms with E-state index in [1.165, 1.54) is 6.92 Å². The molecule has 1 aromatic carbocycles. The Morgan fingerprint density at radius 1 is 1.26 bits per heavy atom. The Balaban J connectivity index is 2.55. The van der Waals surface area contributed by atoms with Crippen molar-refractivity contribution in [2.24, 2.45) is 5.73 Å². The minimum Gasteiger partial charge on any atom is -0.494 e. The zero-order valence-corrected chi connectivity index (χ0v) is 11.2. The molecule has 0 fully saturated rings. The van der Waals surface area contributed by atoms with E-state index in [0.29, 0.717) is 17.9 Å². The minimum atomic E-state index is -0.937. The maximum Gasteiger partial charge on any atom is 0.338 e. The molecule has 0 bridgehead atoms. The highest BCUT2D eigenvalue weighted by Crippen LogP contribution is 2.14. The van der Waals surface area contributed by atoms with Gasteiger partial charge in [-0.1, -0.05) is 13.3 Å². The summed E-state index contributed by atoms with van der Waals surface area (Å²) in [7, 11) is 0. The zero-order valence-electron chi connectivity index (χ0n) is 11.2. The van der Waals surface area contributed by atoms with Gasteiger partial charge in [0.15, 0.2) is 6.10 Å². The second-order valence-electron chi connectivity index (χ2n) is 4.18. The van der Waals surface area contributed by atoms with Gasteiger partial charge in [0, 0.05) is 0 Å². The van der Waals surface area contributed by atoms with Gasteiger partial charge in [0.2, 0.25) is 0 Å². The van der Waals surface area contributed by atoms with Gasteiger partial charge in [-0.2, -0.15) is 0 Å². The average molecular weight is 265 g/mol. The standard InChI is InChI=1S/C14H19NO4/c1-3-4-9-18-12-7-5-11(6-8-12)14(17)19-10(2)13(15)16/h5-8,10H,3-4,9H2,1-2H3,(H2,15,16). The molecule has 1 aromatic rings. The Morgan fingerprint density at radius 2 is 1.89 bits per heavy atom. The molecule has 0 saturated carbocycles. The van der Waals surface area contributed by atoms with Gasteiger partial charge in [-0.15, -0.1) is 0 Å². The first-order chi connectivity index (χ1) is 9.04. The highest BCUT2D eigenvalue weighted by atomic mass is 16.5. The van der Waals surface area contributed by atoms with Gasteiger partial charge in [0.1, 0.15) is 5.75 Å². The highest BCUT2D eigenvalue weighted by Gasteiger charge is 2.15. The van der Waals surface area contributed by atoms with Gasteiger partial charge >= 0.3 is 5.97 Å². The number of hydrogen-bond donors (Lipinski definition) is 1. The highest BCUT2D eigenvalue weighted by molar-refractivity contribution is 5.92. The van der Waals surface area contributed by atoms with E-state index < -0.39 is 18.0 Å². The number of rotatable bonds is 7. The predicted molar refractivity (Wildman–Crippen MR) is 70.9 cm³/mol. The maximum atomic E-state index is 11.7. The van der Waals surface area contributed by atoms with E-state index in [9.17, 15) is 9.59 Å². The molecule has 5 heteroatoms. The molecule has 5 nitrogen and oxygen atoms in total. The summed E-state index contributed by atoms with van der Waals surface area (Å²) in [6.07, 6.45) is 1.11. The van der Waals surface area contributed by atoms with Crippen LogP contribution in [0.25, 0.3) is 0 Å². The molecule has 0 aromatic heterocycles. The van der Waals surface area contributed by atoms with Crippen LogP contribution in [0.3, 0.4) is 0 Å². The van der Waals surface area contributed by atoms with E-state index in [1.54, 1.807) is 24.3 Å². The molecule has 0 aliphatic rings. The summed E-state index contributed by atoms with van der Waals surface area (Å²) in [4.78, 5) is 22.5. The van der Waals surface area contributed by atoms with Crippen LogP contribution in [0, 0.1) is 0 Å². The predicted octanol–water partition coefficient (Wildman–Crippen LogP) is 1.90. The smallest absolute Gasteiger partial charge is 0.338 e. The first-order valence-corrected chi connectivity index (χ1v) is 6.27. The van der Waals surface area contributed by atoms with Gasteiger partial charge in [-0.3, -0.25) is 4.79 Å². The SMILES string of the molecule is CCCCOc1ccc(C(=O)OC(C)C(N)=O)cc1. The van der Waals surface area contributed by atoms with E-state index in [1.807, 2.05) is 0 Å². The maximum absolute atomic E-state index is 11.7. The lowest BCUT2D eigenvalue weighted by atomic mass is 10.2. The minimum absolute atomic E-state index is 0.357. The number of esters is 1. The molecule has 104 valence electrons. The fraction of sp³-hybridized carbons (Fsp3) is 0.429. The van der Waals surface area contributed by atoms with Crippen LogP contribution in [0.1, 0.15) is 37.0 Å². The summed E-state index contributed by atoms with van der Waals surface area (Å²) >= 11 is 0. The third-order valence-corrected chi connectivity index (χ3v) is 2.54. The lowest BCUT2D eigenvalue weighted by Gasteiger charge is -2.10. The Bertz CT molecular complexity index is 428. The Morgan fingerprint density at radius 3 is 2.42 bits per heavy atom. The summed E-state index contributed by atoms with van der Waals surface area (Å²) in [6.45, 7) is 4.17. The lowest BCUT2D eigenvalue weighted by molar-refractivity contribution is -0.125. The molecule has 2 N–H and O–H groups in total. The Labute approximate surface area is 112 Å². The van der Waals surface area contributed by atoms with Crippen LogP contribution in [0.5, 0.6) is 5.75 Å². The van der Waals surface area contributed by atoms with E-state index in [2.05, 4.69) is 6.92 Å². The summed E-state index contributed by atoms with van der Waals surface area (Å²) in [5.41, 5.74) is 5.38. The molecule has 0 aliphatic heterocycles. The van der Waals surface area contributed by atoms with Crippen molar-refractivity contribution in [3.8, 4) is 5.75 Å². The molecule has 0 aliphatic carbocycles. The number of primary amides is 1. The van der Waals surface area contributed by atoms with Crippen molar-refractivity contribution in [2.45, 2.75) is 32.8 Å². The zero-order chi connectivity index (χ0) is 14.3. The first-order valence-electron chi connectivity index (χ1n) is 6.27. The Kier molecular flexibility index (Phi) is 5.85. The van der Waals surface area contributed by atoms with Crippen LogP contribution >= 0.6 is 0 Å². The van der Waals surface area contributed by atoms with Crippen LogP contribution < -0.4 is 10.5 Å². The summed E-state index contributed by atoms with van der Waals surface area (Å²) in [5.74, 6) is -0.549. The molecular formula is C14H19NO4. The number of ether oxygens (including phenoxy) is 2. The van der Waals surface area contributed by atoms with Crippen molar-refractivity contribution in [1.29, 1.82) is 0 Å². The van der Waals surface area contributed by atoms with Crippen LogP contribution in [-0.4, -0.2) is 24.6 Å². The molecule has 1 rings (SSSR count). The fourth-order valence-corrected chi connectivity index (χ4v) is 1.31. The summed E-state index contributed by atoms with van der Waals surface area (Å²) in [6, 6.07) is 6.58. The van der Waals surface area contributed by atoms with Crippen LogP contribution in [0.15, 0.2) is 24.3 Å². The quantitative estimate of drug-likeness (QED) is 0.603. The van der Waals surface area contributed by atoms with Crippen LogP contribution in [0.2, 0.25) is 0 Å². The average Bonchev–Trinajstić information content (AvgIpc) is 2.39. The second-order valence-corrected chi connectivity index (χ2v) is 4.18. The number of carbonyl (C=O) groups excluding carboxylic acids is 2. The number of benzene rings is 1. The topological polar surface area (TPSA) is 78.6 Å². The second kappa shape index (κ2) is 7.41. The molecule has 1 amide bonds. The molecule has 1 atom stereocenters. The molecular weight excluding hydrogens is 246 g/mol. The number of carbonyl (C=O) groups is 2. The van der Waals surface area contributed by atoms with Gasteiger partial charge in [-0.25, -0.2) is 4.79 Å². The molecule has 0 radical (unpaired) electrons. The normalized spacial score (nSPS) is 11.7. The van der Waals surface area contributed by atoms with Gasteiger partial charge < -0.3 is 15.2 Å². The fourth-order valence-electron chi connectivity index (χ4n) is 1.31. The number of nitrogens with two attached hydrogens (primary N) is 1. The molecule has 1 unspecified atom stereocenters. The number of hydrogen-bond acceptors (Lipinski definition) is 4. The molecule has 19 heavy (non-hydrogen) atoms. The van der Waals surface area contributed by atoms with Crippen LogP contribution in [-0.2, 0) is 9.53 Å². The van der Waals surface area contributed by atoms with Crippen molar-refractivity contribution in [3.05, 3.63) is 29.8 Å². The van der Waals surface area contributed by atoms with E-state index in [4.69, 9.17) is 15.2 Å².